The summed E-state index contributed by atoms with van der Waals surface area (Å²) in [7, 11) is 0. The topological polar surface area (TPSA) is 21.3 Å². The van der Waals surface area contributed by atoms with Gasteiger partial charge in [-0.05, 0) is 106 Å². The van der Waals surface area contributed by atoms with Gasteiger partial charge in [0, 0.05) is 50.6 Å². The van der Waals surface area contributed by atoms with E-state index in [9.17, 15) is 0 Å². The molecular weight excluding hydrogens is 765 g/mol. The fourth-order valence-corrected chi connectivity index (χ4v) is 8.94. The third-order valence-electron chi connectivity index (χ3n) is 12.0. The quantitative estimate of drug-likeness (QED) is 0.0905. The first kappa shape index (κ1) is 39.0. The molecule has 10 rings (SSSR count). The van der Waals surface area contributed by atoms with Crippen molar-refractivity contribution in [2.24, 2.45) is 0 Å². The van der Waals surface area contributed by atoms with Crippen LogP contribution < -0.4 is 4.90 Å². The molecule has 0 atom stereocenters. The highest BCUT2D eigenvalue weighted by Gasteiger charge is 2.15. The fourth-order valence-electron chi connectivity index (χ4n) is 8.94. The number of allylic oxidation sites excluding steroid dienone is 6. The van der Waals surface area contributed by atoms with Crippen LogP contribution in [-0.4, -0.2) is 11.1 Å². The summed E-state index contributed by atoms with van der Waals surface area (Å²) in [5.41, 5.74) is 11.8. The highest BCUT2D eigenvalue weighted by molar-refractivity contribution is 6.15. The van der Waals surface area contributed by atoms with Crippen LogP contribution in [0.25, 0.3) is 95.3 Å². The van der Waals surface area contributed by atoms with Gasteiger partial charge in [0.05, 0.1) is 11.0 Å². The number of para-hydroxylation sites is 2. The van der Waals surface area contributed by atoms with Crippen molar-refractivity contribution in [3.05, 3.63) is 241 Å². The molecule has 0 aliphatic rings. The Morgan fingerprint density at radius 3 is 1.97 bits per heavy atom. The fraction of sp³-hybridized carbons (Fsp3) is 0.0333. The van der Waals surface area contributed by atoms with Crippen molar-refractivity contribution in [2.45, 2.75) is 6.92 Å². The molecule has 3 nitrogen and oxygen atoms in total. The minimum absolute atomic E-state index is 0.611. The molecule has 0 saturated carbocycles. The predicted octanol–water partition coefficient (Wildman–Crippen LogP) is 16.5. The Balaban J connectivity index is 1.04. The summed E-state index contributed by atoms with van der Waals surface area (Å²) in [5.74, 6) is 0. The number of anilines is 1. The molecule has 0 aliphatic heterocycles. The van der Waals surface area contributed by atoms with Crippen LogP contribution in [0.5, 0.6) is 0 Å². The first-order valence-corrected chi connectivity index (χ1v) is 21.5. The number of rotatable bonds is 12. The van der Waals surface area contributed by atoms with E-state index >= 15 is 0 Å². The molecule has 0 N–H and O–H groups in total. The van der Waals surface area contributed by atoms with Crippen molar-refractivity contribution in [3.63, 3.8) is 0 Å². The number of fused-ring (bicyclic) bond motifs is 9. The van der Waals surface area contributed by atoms with Crippen LogP contribution >= 0.6 is 0 Å². The van der Waals surface area contributed by atoms with Crippen LogP contribution in [0.4, 0.5) is 5.69 Å². The molecule has 3 heteroatoms. The predicted molar refractivity (Wildman–Crippen MR) is 274 cm³/mol. The van der Waals surface area contributed by atoms with Crippen molar-refractivity contribution < 1.29 is 4.42 Å². The SMILES string of the molecule is C=C/C=C\C(=C\c1ccc2oc3c4ccccc4ccc3c2c1)N(C/C=C\C(=C/C)n1c2ccccc2c2ccccc21)c1ccc(/C=C/c2ccc3ccccc3c2C=C)cc1. The molecule has 10 aromatic rings. The molecule has 0 saturated heterocycles. The van der Waals surface area contributed by atoms with Crippen LogP contribution in [0.3, 0.4) is 0 Å². The first-order valence-electron chi connectivity index (χ1n) is 21.5. The zero-order valence-electron chi connectivity index (χ0n) is 35.3. The van der Waals surface area contributed by atoms with Gasteiger partial charge < -0.3 is 13.9 Å². The van der Waals surface area contributed by atoms with E-state index in [1.807, 2.05) is 18.2 Å². The Hall–Kier alpha value is -8.14. The monoisotopic (exact) mass is 810 g/mol. The molecule has 0 unspecified atom stereocenters. The second kappa shape index (κ2) is 17.1. The zero-order chi connectivity index (χ0) is 42.7. The van der Waals surface area contributed by atoms with Crippen LogP contribution in [0.1, 0.15) is 29.2 Å². The van der Waals surface area contributed by atoms with Crippen molar-refractivity contribution in [1.82, 2.24) is 4.57 Å². The van der Waals surface area contributed by atoms with Crippen LogP contribution in [0.15, 0.2) is 224 Å². The van der Waals surface area contributed by atoms with Crippen LogP contribution in [0, 0.1) is 0 Å². The number of aromatic nitrogens is 1. The lowest BCUT2D eigenvalue weighted by Gasteiger charge is -2.25. The minimum atomic E-state index is 0.611. The van der Waals surface area contributed by atoms with Gasteiger partial charge in [0.1, 0.15) is 11.2 Å². The normalized spacial score (nSPS) is 12.7. The molecule has 2 heterocycles. The van der Waals surface area contributed by atoms with Crippen molar-refractivity contribution in [2.75, 3.05) is 11.4 Å². The molecule has 2 aromatic heterocycles. The second-order valence-electron chi connectivity index (χ2n) is 15.7. The maximum absolute atomic E-state index is 6.48. The Kier molecular flexibility index (Phi) is 10.6. The van der Waals surface area contributed by atoms with Gasteiger partial charge in [0.2, 0.25) is 0 Å². The molecule has 0 fully saturated rings. The van der Waals surface area contributed by atoms with Crippen LogP contribution in [0.2, 0.25) is 0 Å². The van der Waals surface area contributed by atoms with Gasteiger partial charge in [-0.25, -0.2) is 0 Å². The second-order valence-corrected chi connectivity index (χ2v) is 15.7. The van der Waals surface area contributed by atoms with Gasteiger partial charge in [0.15, 0.2) is 0 Å². The van der Waals surface area contributed by atoms with E-state index in [2.05, 4.69) is 236 Å². The van der Waals surface area contributed by atoms with Gasteiger partial charge in [-0.2, -0.15) is 0 Å². The van der Waals surface area contributed by atoms with Gasteiger partial charge >= 0.3 is 0 Å². The van der Waals surface area contributed by atoms with Crippen molar-refractivity contribution >= 4 is 101 Å². The van der Waals surface area contributed by atoms with Crippen molar-refractivity contribution in [3.8, 4) is 0 Å². The van der Waals surface area contributed by atoms with E-state index in [-0.39, 0.29) is 0 Å². The zero-order valence-corrected chi connectivity index (χ0v) is 35.3. The summed E-state index contributed by atoms with van der Waals surface area (Å²) in [4.78, 5) is 2.35. The third-order valence-corrected chi connectivity index (χ3v) is 12.0. The van der Waals surface area contributed by atoms with E-state index in [1.54, 1.807) is 0 Å². The molecule has 0 bridgehead atoms. The molecule has 0 amide bonds. The number of nitrogens with zero attached hydrogens (tertiary/aromatic N) is 2. The maximum Gasteiger partial charge on any atom is 0.143 e. The van der Waals surface area contributed by atoms with E-state index < -0.39 is 0 Å². The maximum atomic E-state index is 6.48. The van der Waals surface area contributed by atoms with E-state index in [0.29, 0.717) is 6.54 Å². The molecule has 0 aliphatic carbocycles. The van der Waals surface area contributed by atoms with Crippen LogP contribution in [-0.2, 0) is 0 Å². The average Bonchev–Trinajstić information content (AvgIpc) is 3.88. The van der Waals surface area contributed by atoms with Crippen molar-refractivity contribution in [1.29, 1.82) is 0 Å². The number of hydrogen-bond acceptors (Lipinski definition) is 2. The van der Waals surface area contributed by atoms with E-state index in [4.69, 9.17) is 4.42 Å². The molecular formula is C60H46N2O. The van der Waals surface area contributed by atoms with Gasteiger partial charge in [-0.1, -0.05) is 177 Å². The highest BCUT2D eigenvalue weighted by Crippen LogP contribution is 2.36. The summed E-state index contributed by atoms with van der Waals surface area (Å²) < 4.78 is 8.85. The molecule has 0 radical (unpaired) electrons. The van der Waals surface area contributed by atoms with Gasteiger partial charge in [-0.15, -0.1) is 0 Å². The smallest absolute Gasteiger partial charge is 0.143 e. The molecule has 63 heavy (non-hydrogen) atoms. The lowest BCUT2D eigenvalue weighted by Crippen LogP contribution is -2.21. The van der Waals surface area contributed by atoms with E-state index in [0.717, 1.165) is 66.7 Å². The molecule has 302 valence electrons. The van der Waals surface area contributed by atoms with Gasteiger partial charge in [0.25, 0.3) is 0 Å². The Morgan fingerprint density at radius 1 is 0.603 bits per heavy atom. The lowest BCUT2D eigenvalue weighted by molar-refractivity contribution is 0.672. The lowest BCUT2D eigenvalue weighted by atomic mass is 9.98. The standard InChI is InChI=1S/C60H46N2O/c1-4-7-19-49(40-43-30-38-59-56(41-43)55-37-34-45-18-9-11-22-52(45)60(55)63-59)61(39-16-20-47(5-2)62-57-25-14-12-23-53(57)54-24-13-15-26-58(54)62)48-35-28-42(29-36-48)27-31-46-33-32-44-17-8-10-21-51(44)50(46)6-3/h4-38,40-41H,1,3,39H2,2H3/b19-7-,20-16-,31-27+,47-5+,49-40-. The number of hydrogen-bond donors (Lipinski definition) is 0. The number of benzene rings is 8. The van der Waals surface area contributed by atoms with E-state index in [1.165, 1.54) is 38.0 Å². The molecule has 8 aromatic carbocycles. The summed E-state index contributed by atoms with van der Waals surface area (Å²) >= 11 is 0. The minimum Gasteiger partial charge on any atom is -0.455 e. The third kappa shape index (κ3) is 7.41. The number of furan rings is 1. The largest absolute Gasteiger partial charge is 0.455 e. The summed E-state index contributed by atoms with van der Waals surface area (Å²) in [6.45, 7) is 10.9. The highest BCUT2D eigenvalue weighted by atomic mass is 16.3. The summed E-state index contributed by atoms with van der Waals surface area (Å²) in [5, 5.41) is 9.39. The Labute approximate surface area is 368 Å². The summed E-state index contributed by atoms with van der Waals surface area (Å²) in [6.07, 6.45) is 21.2. The van der Waals surface area contributed by atoms with Gasteiger partial charge in [-0.3, -0.25) is 0 Å². The Morgan fingerprint density at radius 2 is 1.25 bits per heavy atom. The first-order chi connectivity index (χ1) is 31.1. The average molecular weight is 811 g/mol. The Bertz CT molecular complexity index is 3480. The summed E-state index contributed by atoms with van der Waals surface area (Å²) in [6, 6.07) is 58.1. The molecule has 0 spiro atoms.